The molecule has 1 aromatic carbocycles. The number of benzene rings is 1. The molecule has 2 N–H and O–H groups in total. The molecule has 0 saturated heterocycles. The third kappa shape index (κ3) is 3.10. The van der Waals surface area contributed by atoms with Crippen LogP contribution in [0.4, 0.5) is 10.2 Å². The van der Waals surface area contributed by atoms with Crippen LogP contribution in [0.5, 0.6) is 0 Å². The van der Waals surface area contributed by atoms with Gasteiger partial charge >= 0.3 is 0 Å². The molecule has 0 aliphatic rings. The van der Waals surface area contributed by atoms with E-state index in [4.69, 9.17) is 5.73 Å². The zero-order valence-corrected chi connectivity index (χ0v) is 12.6. The second-order valence-electron chi connectivity index (χ2n) is 5.38. The van der Waals surface area contributed by atoms with Crippen LogP contribution in [0.15, 0.2) is 28.7 Å². The SMILES string of the molecule is CC(C)(C)c1nc(N)cc(-c2cc(Br)ccc2F)n1. The average Bonchev–Trinajstić information content (AvgIpc) is 2.30. The predicted molar refractivity (Wildman–Crippen MR) is 78.2 cm³/mol. The number of hydrogen-bond donors (Lipinski definition) is 1. The minimum atomic E-state index is -0.332. The molecular weight excluding hydrogens is 309 g/mol. The molecule has 2 rings (SSSR count). The molecular formula is C14H15BrFN3. The number of aromatic nitrogens is 2. The van der Waals surface area contributed by atoms with E-state index in [0.717, 1.165) is 4.47 Å². The zero-order valence-electron chi connectivity index (χ0n) is 11.0. The van der Waals surface area contributed by atoms with Crippen molar-refractivity contribution < 1.29 is 4.39 Å². The molecule has 2 aromatic rings. The summed E-state index contributed by atoms with van der Waals surface area (Å²) in [7, 11) is 0. The van der Waals surface area contributed by atoms with Gasteiger partial charge in [0.05, 0.1) is 5.69 Å². The fourth-order valence-electron chi connectivity index (χ4n) is 1.63. The lowest BCUT2D eigenvalue weighted by Gasteiger charge is -2.18. The summed E-state index contributed by atoms with van der Waals surface area (Å²) >= 11 is 3.33. The minimum Gasteiger partial charge on any atom is -0.384 e. The van der Waals surface area contributed by atoms with Crippen LogP contribution in [0.2, 0.25) is 0 Å². The Balaban J connectivity index is 2.63. The van der Waals surface area contributed by atoms with Gasteiger partial charge in [-0.1, -0.05) is 36.7 Å². The van der Waals surface area contributed by atoms with E-state index in [-0.39, 0.29) is 11.2 Å². The Kier molecular flexibility index (Phi) is 3.58. The summed E-state index contributed by atoms with van der Waals surface area (Å²) in [5.41, 5.74) is 6.46. The molecule has 0 bridgehead atoms. The second kappa shape index (κ2) is 4.89. The van der Waals surface area contributed by atoms with Gasteiger partial charge in [0.1, 0.15) is 17.5 Å². The van der Waals surface area contributed by atoms with Gasteiger partial charge in [0, 0.05) is 21.5 Å². The van der Waals surface area contributed by atoms with Crippen molar-refractivity contribution >= 4 is 21.7 Å². The predicted octanol–water partition coefficient (Wildman–Crippen LogP) is 3.92. The summed E-state index contributed by atoms with van der Waals surface area (Å²) in [5.74, 6) is 0.609. The van der Waals surface area contributed by atoms with E-state index in [2.05, 4.69) is 25.9 Å². The minimum absolute atomic E-state index is 0.243. The number of hydrogen-bond acceptors (Lipinski definition) is 3. The highest BCUT2D eigenvalue weighted by Gasteiger charge is 2.20. The normalized spacial score (nSPS) is 11.6. The van der Waals surface area contributed by atoms with Crippen LogP contribution < -0.4 is 5.73 Å². The van der Waals surface area contributed by atoms with Crippen molar-refractivity contribution in [1.29, 1.82) is 0 Å². The third-order valence-electron chi connectivity index (χ3n) is 2.62. The standard InChI is InChI=1S/C14H15BrFN3/c1-14(2,3)13-18-11(7-12(17)19-13)9-6-8(15)4-5-10(9)16/h4-7H,1-3H3,(H2,17,18,19). The topological polar surface area (TPSA) is 51.8 Å². The summed E-state index contributed by atoms with van der Waals surface area (Å²) < 4.78 is 14.7. The molecule has 1 aromatic heterocycles. The highest BCUT2D eigenvalue weighted by Crippen LogP contribution is 2.28. The Labute approximate surface area is 120 Å². The first-order chi connectivity index (χ1) is 8.77. The van der Waals surface area contributed by atoms with Crippen LogP contribution in [-0.2, 0) is 5.41 Å². The first-order valence-corrected chi connectivity index (χ1v) is 6.67. The Hall–Kier alpha value is -1.49. The molecule has 0 atom stereocenters. The van der Waals surface area contributed by atoms with Crippen molar-refractivity contribution in [3.8, 4) is 11.3 Å². The summed E-state index contributed by atoms with van der Waals surface area (Å²) in [6.07, 6.45) is 0. The van der Waals surface area contributed by atoms with Gasteiger partial charge in [-0.15, -0.1) is 0 Å². The molecule has 1 heterocycles. The monoisotopic (exact) mass is 323 g/mol. The number of halogens is 2. The summed E-state index contributed by atoms with van der Waals surface area (Å²) in [4.78, 5) is 8.64. The van der Waals surface area contributed by atoms with E-state index < -0.39 is 0 Å². The quantitative estimate of drug-likeness (QED) is 0.865. The van der Waals surface area contributed by atoms with E-state index in [0.29, 0.717) is 22.9 Å². The molecule has 0 unspecified atom stereocenters. The molecule has 5 heteroatoms. The third-order valence-corrected chi connectivity index (χ3v) is 3.11. The maximum Gasteiger partial charge on any atom is 0.136 e. The van der Waals surface area contributed by atoms with Crippen molar-refractivity contribution in [2.75, 3.05) is 5.73 Å². The smallest absolute Gasteiger partial charge is 0.136 e. The van der Waals surface area contributed by atoms with Crippen molar-refractivity contribution in [3.05, 3.63) is 40.4 Å². The van der Waals surface area contributed by atoms with E-state index in [1.165, 1.54) is 6.07 Å². The van der Waals surface area contributed by atoms with Crippen LogP contribution in [0.3, 0.4) is 0 Å². The first kappa shape index (κ1) is 13.9. The fraction of sp³-hybridized carbons (Fsp3) is 0.286. The van der Waals surface area contributed by atoms with Crippen LogP contribution in [0.25, 0.3) is 11.3 Å². The van der Waals surface area contributed by atoms with Gasteiger partial charge in [-0.05, 0) is 18.2 Å². The van der Waals surface area contributed by atoms with E-state index in [1.54, 1.807) is 18.2 Å². The number of anilines is 1. The lowest BCUT2D eigenvalue weighted by molar-refractivity contribution is 0.546. The molecule has 0 aliphatic carbocycles. The van der Waals surface area contributed by atoms with Gasteiger partial charge in [-0.25, -0.2) is 14.4 Å². The summed E-state index contributed by atoms with van der Waals surface area (Å²) in [6.45, 7) is 5.97. The Morgan fingerprint density at radius 1 is 1.16 bits per heavy atom. The van der Waals surface area contributed by atoms with Crippen molar-refractivity contribution in [3.63, 3.8) is 0 Å². The second-order valence-corrected chi connectivity index (χ2v) is 6.29. The van der Waals surface area contributed by atoms with E-state index >= 15 is 0 Å². The molecule has 0 spiro atoms. The highest BCUT2D eigenvalue weighted by atomic mass is 79.9. The number of nitrogens with two attached hydrogens (primary N) is 1. The maximum absolute atomic E-state index is 13.9. The van der Waals surface area contributed by atoms with Gasteiger partial charge in [0.2, 0.25) is 0 Å². The van der Waals surface area contributed by atoms with Gasteiger partial charge in [-0.2, -0.15) is 0 Å². The van der Waals surface area contributed by atoms with Crippen LogP contribution in [0.1, 0.15) is 26.6 Å². The molecule has 0 saturated carbocycles. The summed E-state index contributed by atoms with van der Waals surface area (Å²) in [6, 6.07) is 6.31. The molecule has 0 radical (unpaired) electrons. The molecule has 0 aliphatic heterocycles. The average molecular weight is 324 g/mol. The molecule has 0 amide bonds. The van der Waals surface area contributed by atoms with Crippen LogP contribution in [0, 0.1) is 5.82 Å². The van der Waals surface area contributed by atoms with Crippen molar-refractivity contribution in [1.82, 2.24) is 9.97 Å². The van der Waals surface area contributed by atoms with Gasteiger partial charge < -0.3 is 5.73 Å². The van der Waals surface area contributed by atoms with Crippen molar-refractivity contribution in [2.45, 2.75) is 26.2 Å². The summed E-state index contributed by atoms with van der Waals surface area (Å²) in [5, 5.41) is 0. The van der Waals surface area contributed by atoms with Crippen LogP contribution in [-0.4, -0.2) is 9.97 Å². The Morgan fingerprint density at radius 2 is 1.84 bits per heavy atom. The largest absolute Gasteiger partial charge is 0.384 e. The van der Waals surface area contributed by atoms with E-state index in [1.807, 2.05) is 20.8 Å². The number of rotatable bonds is 1. The Bertz CT molecular complexity index is 621. The molecule has 0 fully saturated rings. The fourth-order valence-corrected chi connectivity index (χ4v) is 1.99. The molecule has 100 valence electrons. The van der Waals surface area contributed by atoms with E-state index in [9.17, 15) is 4.39 Å². The maximum atomic E-state index is 13.9. The highest BCUT2D eigenvalue weighted by molar-refractivity contribution is 9.10. The van der Waals surface area contributed by atoms with Crippen molar-refractivity contribution in [2.24, 2.45) is 0 Å². The lowest BCUT2D eigenvalue weighted by Crippen LogP contribution is -2.17. The van der Waals surface area contributed by atoms with Gasteiger partial charge in [0.15, 0.2) is 0 Å². The Morgan fingerprint density at radius 3 is 2.47 bits per heavy atom. The number of nitrogens with zero attached hydrogens (tertiary/aromatic N) is 2. The van der Waals surface area contributed by atoms with Crippen LogP contribution >= 0.6 is 15.9 Å². The molecule has 3 nitrogen and oxygen atoms in total. The van der Waals surface area contributed by atoms with Gasteiger partial charge in [0.25, 0.3) is 0 Å². The first-order valence-electron chi connectivity index (χ1n) is 5.88. The molecule has 19 heavy (non-hydrogen) atoms. The lowest BCUT2D eigenvalue weighted by atomic mass is 9.95. The van der Waals surface area contributed by atoms with Gasteiger partial charge in [-0.3, -0.25) is 0 Å². The number of nitrogen functional groups attached to an aromatic ring is 1. The zero-order chi connectivity index (χ0) is 14.2.